The second kappa shape index (κ2) is 11.9. The summed E-state index contributed by atoms with van der Waals surface area (Å²) in [6.07, 6.45) is 4.81. The van der Waals surface area contributed by atoms with Gasteiger partial charge in [-0.05, 0) is 136 Å². The summed E-state index contributed by atoms with van der Waals surface area (Å²) in [4.78, 5) is 18.0. The van der Waals surface area contributed by atoms with Crippen LogP contribution in [0.1, 0.15) is 68.1 Å². The Morgan fingerprint density at radius 2 is 1.68 bits per heavy atom. The second-order valence-corrected chi connectivity index (χ2v) is 15.0. The Morgan fingerprint density at radius 3 is 2.32 bits per heavy atom. The zero-order valence-electron chi connectivity index (χ0n) is 25.2. The molecule has 6 fully saturated rings. The molecule has 6 aliphatic rings. The molecule has 4 saturated carbocycles. The van der Waals surface area contributed by atoms with E-state index in [1.54, 1.807) is 0 Å². The molecule has 0 radical (unpaired) electrons. The number of amides is 1. The molecule has 0 spiro atoms. The number of halogens is 4. The van der Waals surface area contributed by atoms with Crippen LogP contribution in [0.2, 0.25) is 5.02 Å². The number of alkyl halides is 3. The van der Waals surface area contributed by atoms with Gasteiger partial charge in [0.25, 0.3) is 0 Å². The van der Waals surface area contributed by atoms with Gasteiger partial charge in [-0.25, -0.2) is 0 Å². The molecule has 0 aromatic heterocycles. The molecule has 1 amide bonds. The van der Waals surface area contributed by atoms with Crippen molar-refractivity contribution < 1.29 is 23.1 Å². The Morgan fingerprint density at radius 1 is 0.977 bits per heavy atom. The van der Waals surface area contributed by atoms with E-state index in [2.05, 4.69) is 21.2 Å². The number of carbonyl (C=O) groups excluding carboxylic acids is 1. The average Bonchev–Trinajstić information content (AvgIpc) is 3.41. The van der Waals surface area contributed by atoms with Crippen molar-refractivity contribution in [1.82, 2.24) is 9.80 Å². The number of hydrogen-bond donors (Lipinski definition) is 2. The minimum Gasteiger partial charge on any atom is -0.390 e. The lowest BCUT2D eigenvalue weighted by atomic mass is 9.52. The van der Waals surface area contributed by atoms with Crippen LogP contribution in [0.25, 0.3) is 0 Å². The third kappa shape index (κ3) is 6.42. The Hall–Kier alpha value is -2.13. The summed E-state index contributed by atoms with van der Waals surface area (Å²) in [7, 11) is 0. The molecule has 44 heavy (non-hydrogen) atoms. The van der Waals surface area contributed by atoms with Gasteiger partial charge in [0.1, 0.15) is 0 Å². The average molecular weight is 630 g/mol. The number of piperidine rings is 1. The van der Waals surface area contributed by atoms with Gasteiger partial charge in [-0.15, -0.1) is 0 Å². The van der Waals surface area contributed by atoms with Gasteiger partial charge in [-0.2, -0.15) is 13.2 Å². The fraction of sp³-hybridized carbons (Fsp3) is 0.629. The van der Waals surface area contributed by atoms with Gasteiger partial charge in [-0.3, -0.25) is 14.6 Å². The summed E-state index contributed by atoms with van der Waals surface area (Å²) in [5, 5.41) is 14.8. The first-order chi connectivity index (χ1) is 21.0. The SMILES string of the molecule is O=C(Nc1ccc(CC2CCN(C3C4CC5CC3CC(O)(C5)C4)C2)c(Cl)c1)C1CCN(Cc2ccc(C(F)(F)F)cc2)CC1. The molecule has 5 nitrogen and oxygen atoms in total. The second-order valence-electron chi connectivity index (χ2n) is 14.6. The number of carbonyl (C=O) groups is 1. The van der Waals surface area contributed by atoms with Crippen molar-refractivity contribution in [3.05, 3.63) is 64.2 Å². The number of hydrogen-bond acceptors (Lipinski definition) is 4. The minimum atomic E-state index is -4.33. The summed E-state index contributed by atoms with van der Waals surface area (Å²) >= 11 is 6.75. The molecule has 2 heterocycles. The fourth-order valence-corrected chi connectivity index (χ4v) is 9.87. The lowest BCUT2D eigenvalue weighted by Gasteiger charge is -2.60. The van der Waals surface area contributed by atoms with E-state index in [1.807, 2.05) is 12.1 Å². The maximum atomic E-state index is 13.1. The normalized spacial score (nSPS) is 32.8. The van der Waals surface area contributed by atoms with Crippen LogP contribution in [0.3, 0.4) is 0 Å². The zero-order chi connectivity index (χ0) is 30.6. The highest BCUT2D eigenvalue weighted by Crippen LogP contribution is 2.57. The summed E-state index contributed by atoms with van der Waals surface area (Å²) in [5.74, 6) is 2.51. The highest BCUT2D eigenvalue weighted by Gasteiger charge is 2.56. The standard InChI is InChI=1S/C35H43ClF3N3O2/c36-31-16-30(40-33(43)25-8-10-41(11-9-25)20-22-1-4-29(5-2-22)35(37,38)39)6-3-26(31)13-23-7-12-42(21-23)32-27-14-24-15-28(32)19-34(44,17-24)18-27/h1-6,16,23-25,27-28,32,44H,7-15,17-21H2,(H,40,43). The number of likely N-dealkylation sites (tertiary alicyclic amines) is 2. The third-order valence-corrected chi connectivity index (χ3v) is 11.8. The third-order valence-electron chi connectivity index (χ3n) is 11.4. The van der Waals surface area contributed by atoms with Gasteiger partial charge in [0, 0.05) is 35.8 Å². The van der Waals surface area contributed by atoms with Crippen LogP contribution in [0.5, 0.6) is 0 Å². The number of anilines is 1. The van der Waals surface area contributed by atoms with Crippen LogP contribution in [-0.2, 0) is 23.9 Å². The lowest BCUT2D eigenvalue weighted by molar-refractivity contribution is -0.157. The molecule has 2 aliphatic heterocycles. The van der Waals surface area contributed by atoms with Crippen molar-refractivity contribution in [3.63, 3.8) is 0 Å². The van der Waals surface area contributed by atoms with Crippen molar-refractivity contribution in [2.75, 3.05) is 31.5 Å². The fourth-order valence-electron chi connectivity index (χ4n) is 9.61. The smallest absolute Gasteiger partial charge is 0.390 e. The Bertz CT molecular complexity index is 1340. The van der Waals surface area contributed by atoms with Gasteiger partial charge in [-0.1, -0.05) is 29.8 Å². The van der Waals surface area contributed by atoms with E-state index in [0.717, 1.165) is 86.7 Å². The summed E-state index contributed by atoms with van der Waals surface area (Å²) in [5.41, 5.74) is 1.67. The highest BCUT2D eigenvalue weighted by molar-refractivity contribution is 6.31. The van der Waals surface area contributed by atoms with Gasteiger partial charge < -0.3 is 10.4 Å². The Balaban J connectivity index is 0.875. The molecular formula is C35H43ClF3N3O2. The molecule has 9 heteroatoms. The minimum absolute atomic E-state index is 0.00485. The maximum absolute atomic E-state index is 13.1. The van der Waals surface area contributed by atoms with Crippen LogP contribution >= 0.6 is 11.6 Å². The molecule has 3 unspecified atom stereocenters. The van der Waals surface area contributed by atoms with Gasteiger partial charge in [0.05, 0.1) is 11.2 Å². The van der Waals surface area contributed by atoms with Crippen molar-refractivity contribution in [2.45, 2.75) is 82.2 Å². The van der Waals surface area contributed by atoms with Crippen LogP contribution in [0, 0.1) is 29.6 Å². The van der Waals surface area contributed by atoms with E-state index >= 15 is 0 Å². The van der Waals surface area contributed by atoms with Crippen molar-refractivity contribution in [2.24, 2.45) is 29.6 Å². The quantitative estimate of drug-likeness (QED) is 0.346. The molecule has 4 bridgehead atoms. The molecule has 4 aliphatic carbocycles. The number of aliphatic hydroxyl groups is 1. The largest absolute Gasteiger partial charge is 0.416 e. The summed E-state index contributed by atoms with van der Waals surface area (Å²) in [6.45, 7) is 4.27. The molecule has 2 aromatic carbocycles. The van der Waals surface area contributed by atoms with E-state index in [-0.39, 0.29) is 17.4 Å². The first-order valence-electron chi connectivity index (χ1n) is 16.5. The van der Waals surface area contributed by atoms with E-state index in [1.165, 1.54) is 31.4 Å². The van der Waals surface area contributed by atoms with E-state index in [0.29, 0.717) is 48.2 Å². The zero-order valence-corrected chi connectivity index (χ0v) is 25.9. The van der Waals surface area contributed by atoms with Gasteiger partial charge >= 0.3 is 6.18 Å². The van der Waals surface area contributed by atoms with Crippen molar-refractivity contribution in [1.29, 1.82) is 0 Å². The summed E-state index contributed by atoms with van der Waals surface area (Å²) < 4.78 is 38.5. The molecule has 238 valence electrons. The first kappa shape index (κ1) is 30.5. The summed E-state index contributed by atoms with van der Waals surface area (Å²) in [6, 6.07) is 11.9. The molecule has 2 saturated heterocycles. The highest BCUT2D eigenvalue weighted by atomic mass is 35.5. The Labute approximate surface area is 263 Å². The maximum Gasteiger partial charge on any atom is 0.416 e. The number of rotatable bonds is 7. The van der Waals surface area contributed by atoms with E-state index < -0.39 is 11.7 Å². The first-order valence-corrected chi connectivity index (χ1v) is 16.8. The van der Waals surface area contributed by atoms with Gasteiger partial charge in [0.2, 0.25) is 5.91 Å². The van der Waals surface area contributed by atoms with Crippen LogP contribution < -0.4 is 5.32 Å². The number of nitrogens with one attached hydrogen (secondary N) is 1. The molecule has 3 atom stereocenters. The topological polar surface area (TPSA) is 55.8 Å². The monoisotopic (exact) mass is 629 g/mol. The molecule has 8 rings (SSSR count). The lowest BCUT2D eigenvalue weighted by Crippen LogP contribution is -2.61. The van der Waals surface area contributed by atoms with E-state index in [4.69, 9.17) is 11.6 Å². The van der Waals surface area contributed by atoms with Crippen molar-refractivity contribution >= 4 is 23.2 Å². The van der Waals surface area contributed by atoms with Crippen LogP contribution in [0.4, 0.5) is 18.9 Å². The van der Waals surface area contributed by atoms with Crippen molar-refractivity contribution in [3.8, 4) is 0 Å². The van der Waals surface area contributed by atoms with Gasteiger partial charge in [0.15, 0.2) is 0 Å². The Kier molecular flexibility index (Phi) is 8.26. The predicted octanol–water partition coefficient (Wildman–Crippen LogP) is 7.01. The molecular weight excluding hydrogens is 587 g/mol. The number of nitrogens with zero attached hydrogens (tertiary/aromatic N) is 2. The molecule has 2 N–H and O–H groups in total. The van der Waals surface area contributed by atoms with Crippen LogP contribution in [0.15, 0.2) is 42.5 Å². The molecule has 2 aromatic rings. The van der Waals surface area contributed by atoms with E-state index in [9.17, 15) is 23.1 Å². The predicted molar refractivity (Wildman–Crippen MR) is 165 cm³/mol. The van der Waals surface area contributed by atoms with Crippen LogP contribution in [-0.4, -0.2) is 58.6 Å². The number of benzene rings is 2.